The number of nitrogens with two attached hydrogens (primary N) is 1. The quantitative estimate of drug-likeness (QED) is 0.636. The molecular formula is C9H10BrNO2. The van der Waals surface area contributed by atoms with Crippen molar-refractivity contribution in [2.75, 3.05) is 0 Å². The molecule has 0 bridgehead atoms. The predicted octanol–water partition coefficient (Wildman–Crippen LogP) is 1.70. The lowest BCUT2D eigenvalue weighted by Gasteiger charge is -2.07. The topological polar surface area (TPSA) is 52.3 Å². The SMILES string of the molecule is CC(N)C(=O)Oc1ccccc1Br. The van der Waals surface area contributed by atoms with E-state index in [2.05, 4.69) is 15.9 Å². The summed E-state index contributed by atoms with van der Waals surface area (Å²) in [6, 6.07) is 6.52. The second kappa shape index (κ2) is 4.39. The van der Waals surface area contributed by atoms with Gasteiger partial charge < -0.3 is 10.5 Å². The Kier molecular flexibility index (Phi) is 3.45. The molecule has 4 heteroatoms. The molecule has 1 aromatic carbocycles. The fourth-order valence-corrected chi connectivity index (χ4v) is 1.09. The van der Waals surface area contributed by atoms with Crippen LogP contribution in [0.1, 0.15) is 6.92 Å². The molecule has 0 aliphatic carbocycles. The molecule has 0 amide bonds. The highest BCUT2D eigenvalue weighted by Crippen LogP contribution is 2.23. The molecule has 0 fully saturated rings. The van der Waals surface area contributed by atoms with E-state index in [4.69, 9.17) is 10.5 Å². The monoisotopic (exact) mass is 243 g/mol. The largest absolute Gasteiger partial charge is 0.424 e. The number of ether oxygens (including phenoxy) is 1. The number of carbonyl (C=O) groups is 1. The molecule has 13 heavy (non-hydrogen) atoms. The van der Waals surface area contributed by atoms with Gasteiger partial charge in [-0.25, -0.2) is 4.79 Å². The summed E-state index contributed by atoms with van der Waals surface area (Å²) in [6.07, 6.45) is 0. The first-order valence-electron chi connectivity index (χ1n) is 3.83. The molecule has 0 spiro atoms. The molecule has 70 valence electrons. The van der Waals surface area contributed by atoms with E-state index in [1.807, 2.05) is 6.07 Å². The molecule has 2 N–H and O–H groups in total. The van der Waals surface area contributed by atoms with E-state index in [9.17, 15) is 4.79 Å². The maximum atomic E-state index is 11.1. The van der Waals surface area contributed by atoms with E-state index in [0.29, 0.717) is 5.75 Å². The molecule has 0 heterocycles. The molecule has 0 saturated carbocycles. The first-order valence-corrected chi connectivity index (χ1v) is 4.62. The van der Waals surface area contributed by atoms with Gasteiger partial charge in [0, 0.05) is 0 Å². The molecule has 0 saturated heterocycles. The van der Waals surface area contributed by atoms with Crippen molar-refractivity contribution in [3.05, 3.63) is 28.7 Å². The summed E-state index contributed by atoms with van der Waals surface area (Å²) in [5.41, 5.74) is 5.34. The molecule has 0 aliphatic heterocycles. The number of rotatable bonds is 2. The van der Waals surface area contributed by atoms with Crippen molar-refractivity contribution in [2.45, 2.75) is 13.0 Å². The van der Waals surface area contributed by atoms with Crippen molar-refractivity contribution in [2.24, 2.45) is 5.73 Å². The van der Waals surface area contributed by atoms with Crippen molar-refractivity contribution in [3.63, 3.8) is 0 Å². The van der Waals surface area contributed by atoms with Crippen LogP contribution in [0.2, 0.25) is 0 Å². The van der Waals surface area contributed by atoms with Crippen LogP contribution in [0.3, 0.4) is 0 Å². The van der Waals surface area contributed by atoms with E-state index < -0.39 is 12.0 Å². The average Bonchev–Trinajstić information content (AvgIpc) is 2.08. The van der Waals surface area contributed by atoms with Gasteiger partial charge in [0.05, 0.1) is 4.47 Å². The van der Waals surface area contributed by atoms with Gasteiger partial charge >= 0.3 is 5.97 Å². The van der Waals surface area contributed by atoms with Crippen LogP contribution in [-0.2, 0) is 4.79 Å². The van der Waals surface area contributed by atoms with Crippen LogP contribution in [0.5, 0.6) is 5.75 Å². The summed E-state index contributed by atoms with van der Waals surface area (Å²) in [7, 11) is 0. The number of benzene rings is 1. The molecule has 3 nitrogen and oxygen atoms in total. The van der Waals surface area contributed by atoms with E-state index in [-0.39, 0.29) is 0 Å². The van der Waals surface area contributed by atoms with Crippen LogP contribution in [0.15, 0.2) is 28.7 Å². The lowest BCUT2D eigenvalue weighted by Crippen LogP contribution is -2.30. The van der Waals surface area contributed by atoms with E-state index in [1.54, 1.807) is 25.1 Å². The van der Waals surface area contributed by atoms with Crippen molar-refractivity contribution in [1.82, 2.24) is 0 Å². The highest BCUT2D eigenvalue weighted by Gasteiger charge is 2.11. The van der Waals surface area contributed by atoms with Crippen LogP contribution >= 0.6 is 15.9 Å². The van der Waals surface area contributed by atoms with Crippen LogP contribution in [0.4, 0.5) is 0 Å². The Labute approximate surface area is 85.0 Å². The normalized spacial score (nSPS) is 12.2. The van der Waals surface area contributed by atoms with Gasteiger partial charge in [-0.05, 0) is 35.0 Å². The molecule has 1 rings (SSSR count). The number of esters is 1. The number of carbonyl (C=O) groups excluding carboxylic acids is 1. The van der Waals surface area contributed by atoms with Crippen LogP contribution in [0, 0.1) is 0 Å². The Morgan fingerprint density at radius 1 is 1.54 bits per heavy atom. The Bertz CT molecular complexity index is 312. The Hall–Kier alpha value is -0.870. The lowest BCUT2D eigenvalue weighted by atomic mass is 10.3. The van der Waals surface area contributed by atoms with E-state index in [0.717, 1.165) is 4.47 Å². The molecular weight excluding hydrogens is 234 g/mol. The van der Waals surface area contributed by atoms with Gasteiger partial charge in [0.15, 0.2) is 0 Å². The summed E-state index contributed by atoms with van der Waals surface area (Å²) in [6.45, 7) is 1.58. The maximum absolute atomic E-state index is 11.1. The summed E-state index contributed by atoms with van der Waals surface area (Å²) in [5.74, 6) is 0.0525. The van der Waals surface area contributed by atoms with Crippen molar-refractivity contribution in [1.29, 1.82) is 0 Å². The minimum Gasteiger partial charge on any atom is -0.424 e. The van der Waals surface area contributed by atoms with Crippen LogP contribution in [-0.4, -0.2) is 12.0 Å². The third-order valence-electron chi connectivity index (χ3n) is 1.42. The van der Waals surface area contributed by atoms with Gasteiger partial charge in [-0.3, -0.25) is 0 Å². The summed E-state index contributed by atoms with van der Waals surface area (Å²) < 4.78 is 5.74. The van der Waals surface area contributed by atoms with Gasteiger partial charge in [-0.15, -0.1) is 0 Å². The van der Waals surface area contributed by atoms with Crippen LogP contribution in [0.25, 0.3) is 0 Å². The highest BCUT2D eigenvalue weighted by atomic mass is 79.9. The molecule has 0 radical (unpaired) electrons. The second-order valence-corrected chi connectivity index (χ2v) is 3.49. The van der Waals surface area contributed by atoms with Gasteiger partial charge in [-0.2, -0.15) is 0 Å². The Balaban J connectivity index is 2.75. The zero-order valence-corrected chi connectivity index (χ0v) is 8.74. The number of hydrogen-bond donors (Lipinski definition) is 1. The molecule has 0 aliphatic rings. The molecule has 1 unspecified atom stereocenters. The lowest BCUT2D eigenvalue weighted by molar-refractivity contribution is -0.135. The first kappa shape index (κ1) is 10.2. The van der Waals surface area contributed by atoms with Crippen molar-refractivity contribution in [3.8, 4) is 5.75 Å². The molecule has 1 aromatic rings. The number of hydrogen-bond acceptors (Lipinski definition) is 3. The zero-order valence-electron chi connectivity index (χ0n) is 7.16. The smallest absolute Gasteiger partial charge is 0.328 e. The van der Waals surface area contributed by atoms with Crippen molar-refractivity contribution >= 4 is 21.9 Å². The Morgan fingerprint density at radius 3 is 2.69 bits per heavy atom. The summed E-state index contributed by atoms with van der Waals surface area (Å²) in [4.78, 5) is 11.1. The maximum Gasteiger partial charge on any atom is 0.328 e. The highest BCUT2D eigenvalue weighted by molar-refractivity contribution is 9.10. The molecule has 1 atom stereocenters. The fourth-order valence-electron chi connectivity index (χ4n) is 0.729. The standard InChI is InChI=1S/C9H10BrNO2/c1-6(11)9(12)13-8-5-3-2-4-7(8)10/h2-6H,11H2,1H3. The Morgan fingerprint density at radius 2 is 2.15 bits per heavy atom. The predicted molar refractivity (Wildman–Crippen MR) is 53.4 cm³/mol. The fraction of sp³-hybridized carbons (Fsp3) is 0.222. The van der Waals surface area contributed by atoms with E-state index >= 15 is 0 Å². The van der Waals surface area contributed by atoms with Gasteiger partial charge in [0.1, 0.15) is 11.8 Å². The minimum atomic E-state index is -0.605. The van der Waals surface area contributed by atoms with Gasteiger partial charge in [0.25, 0.3) is 0 Å². The van der Waals surface area contributed by atoms with E-state index in [1.165, 1.54) is 0 Å². The van der Waals surface area contributed by atoms with Crippen molar-refractivity contribution < 1.29 is 9.53 Å². The third-order valence-corrected chi connectivity index (χ3v) is 2.07. The number of halogens is 1. The zero-order chi connectivity index (χ0) is 9.84. The summed E-state index contributed by atoms with van der Waals surface area (Å²) >= 11 is 3.26. The molecule has 0 aromatic heterocycles. The van der Waals surface area contributed by atoms with Crippen LogP contribution < -0.4 is 10.5 Å². The average molecular weight is 244 g/mol. The van der Waals surface area contributed by atoms with Gasteiger partial charge in [0.2, 0.25) is 0 Å². The first-order chi connectivity index (χ1) is 6.11. The van der Waals surface area contributed by atoms with Gasteiger partial charge in [-0.1, -0.05) is 12.1 Å². The number of para-hydroxylation sites is 1. The second-order valence-electron chi connectivity index (χ2n) is 2.64. The third kappa shape index (κ3) is 2.82. The minimum absolute atomic E-state index is 0.438. The summed E-state index contributed by atoms with van der Waals surface area (Å²) in [5, 5.41) is 0.